The molecule has 1 amide bonds. The third-order valence-corrected chi connectivity index (χ3v) is 5.19. The lowest BCUT2D eigenvalue weighted by atomic mass is 10.1. The molecule has 2 heterocycles. The summed E-state index contributed by atoms with van der Waals surface area (Å²) in [5.41, 5.74) is 0.670. The van der Waals surface area contributed by atoms with Crippen LogP contribution in [-0.2, 0) is 19.3 Å². The van der Waals surface area contributed by atoms with Gasteiger partial charge in [-0.3, -0.25) is 9.78 Å². The number of ether oxygens (including phenoxy) is 1. The summed E-state index contributed by atoms with van der Waals surface area (Å²) in [5, 5.41) is 0.760. The van der Waals surface area contributed by atoms with Crippen LogP contribution in [0.1, 0.15) is 27.2 Å². The van der Waals surface area contributed by atoms with Crippen LogP contribution in [0.2, 0.25) is 0 Å². The van der Waals surface area contributed by atoms with Crippen molar-refractivity contribution >= 4 is 16.8 Å². The van der Waals surface area contributed by atoms with Gasteiger partial charge in [0.1, 0.15) is 11.4 Å². The Bertz CT molecular complexity index is 1290. The quantitative estimate of drug-likeness (QED) is 0.389. The van der Waals surface area contributed by atoms with Crippen molar-refractivity contribution in [2.24, 2.45) is 0 Å². The van der Waals surface area contributed by atoms with Gasteiger partial charge >= 0.3 is 6.18 Å². The maximum atomic E-state index is 13.6. The number of rotatable bonds is 6. The molecule has 5 nitrogen and oxygen atoms in total. The van der Waals surface area contributed by atoms with Crippen LogP contribution in [0.15, 0.2) is 79.1 Å². The third kappa shape index (κ3) is 5.11. The summed E-state index contributed by atoms with van der Waals surface area (Å²) in [6.07, 6.45) is -1.34. The number of nitrogens with zero attached hydrogens (tertiary/aromatic N) is 3. The van der Waals surface area contributed by atoms with Gasteiger partial charge in [-0.1, -0.05) is 30.3 Å². The van der Waals surface area contributed by atoms with Gasteiger partial charge in [-0.25, -0.2) is 4.98 Å². The lowest BCUT2D eigenvalue weighted by Gasteiger charge is -2.25. The fraction of sp³-hybridized carbons (Fsp3) is 0.160. The van der Waals surface area contributed by atoms with Crippen molar-refractivity contribution in [3.05, 3.63) is 102 Å². The first-order chi connectivity index (χ1) is 15.8. The average Bonchev–Trinajstić information content (AvgIpc) is 2.82. The van der Waals surface area contributed by atoms with Crippen molar-refractivity contribution in [3.8, 4) is 5.75 Å². The van der Waals surface area contributed by atoms with E-state index in [9.17, 15) is 18.0 Å². The van der Waals surface area contributed by atoms with Crippen molar-refractivity contribution in [2.45, 2.75) is 19.3 Å². The molecule has 0 radical (unpaired) electrons. The lowest BCUT2D eigenvalue weighted by molar-refractivity contribution is -0.138. The second-order valence-corrected chi connectivity index (χ2v) is 7.43. The minimum atomic E-state index is -4.53. The summed E-state index contributed by atoms with van der Waals surface area (Å²) in [6.45, 7) is -0.153. The van der Waals surface area contributed by atoms with E-state index in [1.807, 2.05) is 0 Å². The normalized spacial score (nSPS) is 11.4. The molecule has 0 bridgehead atoms. The molecule has 0 atom stereocenters. The van der Waals surface area contributed by atoms with Crippen molar-refractivity contribution in [3.63, 3.8) is 0 Å². The smallest absolute Gasteiger partial charge is 0.416 e. The van der Waals surface area contributed by atoms with Crippen LogP contribution in [0.4, 0.5) is 13.2 Å². The highest BCUT2D eigenvalue weighted by atomic mass is 19.4. The SMILES string of the molecule is COc1cccc(CN(Cc2ccccc2C(F)(F)F)C(=O)c2ccc3cnccc3n2)c1. The highest BCUT2D eigenvalue weighted by Crippen LogP contribution is 2.33. The van der Waals surface area contributed by atoms with E-state index in [1.54, 1.807) is 54.9 Å². The number of halogens is 3. The maximum absolute atomic E-state index is 13.6. The molecular weight excluding hydrogens is 431 g/mol. The van der Waals surface area contributed by atoms with Gasteiger partial charge in [-0.2, -0.15) is 13.2 Å². The van der Waals surface area contributed by atoms with Gasteiger partial charge in [-0.15, -0.1) is 0 Å². The molecule has 0 aliphatic carbocycles. The number of aromatic nitrogens is 2. The summed E-state index contributed by atoms with van der Waals surface area (Å²) in [6, 6.07) is 17.3. The van der Waals surface area contributed by atoms with Crippen molar-refractivity contribution in [1.29, 1.82) is 0 Å². The molecule has 0 saturated carbocycles. The van der Waals surface area contributed by atoms with Crippen LogP contribution >= 0.6 is 0 Å². The Morgan fingerprint density at radius 1 is 1.00 bits per heavy atom. The zero-order valence-electron chi connectivity index (χ0n) is 17.7. The van der Waals surface area contributed by atoms with Gasteiger partial charge in [0.2, 0.25) is 0 Å². The van der Waals surface area contributed by atoms with E-state index in [-0.39, 0.29) is 24.3 Å². The number of carbonyl (C=O) groups excluding carboxylic acids is 1. The Kier molecular flexibility index (Phi) is 6.26. The summed E-state index contributed by atoms with van der Waals surface area (Å²) < 4.78 is 46.0. The number of hydrogen-bond acceptors (Lipinski definition) is 4. The zero-order chi connectivity index (χ0) is 23.4. The molecule has 0 spiro atoms. The van der Waals surface area contributed by atoms with Crippen LogP contribution in [0, 0.1) is 0 Å². The van der Waals surface area contributed by atoms with Gasteiger partial charge in [-0.05, 0) is 47.5 Å². The molecule has 4 aromatic rings. The summed E-state index contributed by atoms with van der Waals surface area (Å²) >= 11 is 0. The molecule has 8 heteroatoms. The minimum Gasteiger partial charge on any atom is -0.497 e. The Labute approximate surface area is 188 Å². The Morgan fingerprint density at radius 3 is 2.61 bits per heavy atom. The number of hydrogen-bond donors (Lipinski definition) is 0. The number of pyridine rings is 2. The highest BCUT2D eigenvalue weighted by molar-refractivity contribution is 5.94. The molecular formula is C25H20F3N3O2. The highest BCUT2D eigenvalue weighted by Gasteiger charge is 2.33. The van der Waals surface area contributed by atoms with Crippen LogP contribution in [-0.4, -0.2) is 27.9 Å². The van der Waals surface area contributed by atoms with E-state index in [4.69, 9.17) is 4.74 Å². The third-order valence-electron chi connectivity index (χ3n) is 5.19. The standard InChI is InChI=1S/C25H20F3N3O2/c1-33-20-7-4-5-17(13-20)15-31(16-19-6-2-3-8-21(19)25(26,27)28)24(32)23-10-9-18-14-29-12-11-22(18)30-23/h2-14H,15-16H2,1H3. The van der Waals surface area contributed by atoms with E-state index < -0.39 is 17.6 Å². The average molecular weight is 451 g/mol. The van der Waals surface area contributed by atoms with Gasteiger partial charge in [0, 0.05) is 30.9 Å². The molecule has 0 aliphatic rings. The number of alkyl halides is 3. The predicted octanol–water partition coefficient (Wildman–Crippen LogP) is 5.50. The zero-order valence-corrected chi connectivity index (χ0v) is 17.7. The molecule has 2 aromatic heterocycles. The molecule has 168 valence electrons. The van der Waals surface area contributed by atoms with E-state index in [1.165, 1.54) is 30.2 Å². The van der Waals surface area contributed by atoms with Crippen LogP contribution in [0.5, 0.6) is 5.75 Å². The molecule has 33 heavy (non-hydrogen) atoms. The van der Waals surface area contributed by atoms with Gasteiger partial charge in [0.15, 0.2) is 0 Å². The Morgan fingerprint density at radius 2 is 1.82 bits per heavy atom. The topological polar surface area (TPSA) is 55.3 Å². The van der Waals surface area contributed by atoms with E-state index in [2.05, 4.69) is 9.97 Å². The first-order valence-electron chi connectivity index (χ1n) is 10.1. The fourth-order valence-electron chi connectivity index (χ4n) is 3.58. The second kappa shape index (κ2) is 9.28. The van der Waals surface area contributed by atoms with Crippen molar-refractivity contribution in [2.75, 3.05) is 7.11 Å². The van der Waals surface area contributed by atoms with Gasteiger partial charge in [0.05, 0.1) is 18.2 Å². The summed E-state index contributed by atoms with van der Waals surface area (Å²) in [7, 11) is 1.52. The molecule has 0 aliphatic heterocycles. The number of amides is 1. The monoisotopic (exact) mass is 451 g/mol. The molecule has 0 saturated heterocycles. The molecule has 2 aromatic carbocycles. The minimum absolute atomic E-state index is 0.00577. The number of methoxy groups -OCH3 is 1. The molecule has 0 N–H and O–H groups in total. The maximum Gasteiger partial charge on any atom is 0.416 e. The first kappa shape index (κ1) is 22.3. The molecule has 4 rings (SSSR count). The van der Waals surface area contributed by atoms with Crippen LogP contribution < -0.4 is 4.74 Å². The van der Waals surface area contributed by atoms with E-state index in [0.29, 0.717) is 11.3 Å². The predicted molar refractivity (Wildman–Crippen MR) is 118 cm³/mol. The summed E-state index contributed by atoms with van der Waals surface area (Å²) in [4.78, 5) is 23.2. The Balaban J connectivity index is 1.72. The Hall–Kier alpha value is -3.94. The van der Waals surface area contributed by atoms with Crippen molar-refractivity contribution in [1.82, 2.24) is 14.9 Å². The largest absolute Gasteiger partial charge is 0.497 e. The lowest BCUT2D eigenvalue weighted by Crippen LogP contribution is -2.31. The van der Waals surface area contributed by atoms with E-state index in [0.717, 1.165) is 17.0 Å². The molecule has 0 unspecified atom stereocenters. The van der Waals surface area contributed by atoms with Gasteiger partial charge < -0.3 is 9.64 Å². The first-order valence-corrected chi connectivity index (χ1v) is 10.1. The number of fused-ring (bicyclic) bond motifs is 1. The molecule has 0 fully saturated rings. The number of carbonyl (C=O) groups is 1. The second-order valence-electron chi connectivity index (χ2n) is 7.43. The van der Waals surface area contributed by atoms with Crippen LogP contribution in [0.3, 0.4) is 0 Å². The van der Waals surface area contributed by atoms with Gasteiger partial charge in [0.25, 0.3) is 5.91 Å². The number of benzene rings is 2. The van der Waals surface area contributed by atoms with Crippen LogP contribution in [0.25, 0.3) is 10.9 Å². The summed E-state index contributed by atoms with van der Waals surface area (Å²) in [5.74, 6) is 0.112. The van der Waals surface area contributed by atoms with E-state index >= 15 is 0 Å². The fourth-order valence-corrected chi connectivity index (χ4v) is 3.58. The van der Waals surface area contributed by atoms with Crippen molar-refractivity contribution < 1.29 is 22.7 Å².